The van der Waals surface area contributed by atoms with E-state index < -0.39 is 0 Å². The fraction of sp³-hybridized carbons (Fsp3) is 0.231. The Morgan fingerprint density at radius 3 is 2.83 bits per heavy atom. The third kappa shape index (κ3) is 3.19. The molecular formula is C13H12N6OS3. The molecule has 0 fully saturated rings. The first-order valence-corrected chi connectivity index (χ1v) is 8.59. The molecule has 3 aromatic heterocycles. The second-order valence-corrected chi connectivity index (χ2v) is 7.98. The van der Waals surface area contributed by atoms with Crippen LogP contribution >= 0.6 is 34.9 Å². The molecule has 0 saturated carbocycles. The largest absolute Gasteiger partial charge is 0.369 e. The summed E-state index contributed by atoms with van der Waals surface area (Å²) in [6.45, 7) is 0. The van der Waals surface area contributed by atoms with Crippen LogP contribution in [0.5, 0.6) is 0 Å². The van der Waals surface area contributed by atoms with Crippen molar-refractivity contribution in [2.45, 2.75) is 0 Å². The van der Waals surface area contributed by atoms with E-state index in [2.05, 4.69) is 19.9 Å². The highest BCUT2D eigenvalue weighted by molar-refractivity contribution is 7.76. The van der Waals surface area contributed by atoms with Crippen LogP contribution in [0.15, 0.2) is 21.4 Å². The molecule has 0 amide bonds. The van der Waals surface area contributed by atoms with Gasteiger partial charge in [-0.05, 0) is 0 Å². The van der Waals surface area contributed by atoms with Gasteiger partial charge in [0.1, 0.15) is 8.83 Å². The molecule has 10 heteroatoms. The van der Waals surface area contributed by atoms with Crippen molar-refractivity contribution in [2.75, 3.05) is 14.1 Å². The molecule has 0 radical (unpaired) electrons. The highest BCUT2D eigenvalue weighted by Crippen LogP contribution is 2.27. The summed E-state index contributed by atoms with van der Waals surface area (Å²) in [7, 11) is 5.29. The Kier molecular flexibility index (Phi) is 4.28. The van der Waals surface area contributed by atoms with Crippen molar-refractivity contribution in [1.82, 2.24) is 24.4 Å². The Morgan fingerprint density at radius 1 is 1.39 bits per heavy atom. The van der Waals surface area contributed by atoms with E-state index in [1.54, 1.807) is 24.5 Å². The lowest BCUT2D eigenvalue weighted by Gasteiger charge is -2.06. The quantitative estimate of drug-likeness (QED) is 0.404. The van der Waals surface area contributed by atoms with E-state index in [1.165, 1.54) is 27.2 Å². The van der Waals surface area contributed by atoms with Crippen molar-refractivity contribution in [3.63, 3.8) is 0 Å². The van der Waals surface area contributed by atoms with Gasteiger partial charge in [0, 0.05) is 26.5 Å². The minimum absolute atomic E-state index is 0.220. The van der Waals surface area contributed by atoms with Gasteiger partial charge in [0.25, 0.3) is 5.56 Å². The van der Waals surface area contributed by atoms with Crippen LogP contribution in [-0.2, 0) is 7.05 Å². The molecule has 0 unspecified atom stereocenters. The third-order valence-electron chi connectivity index (χ3n) is 2.88. The van der Waals surface area contributed by atoms with Crippen LogP contribution in [0.1, 0.15) is 0 Å². The van der Waals surface area contributed by atoms with E-state index in [0.717, 1.165) is 8.01 Å². The van der Waals surface area contributed by atoms with Gasteiger partial charge in [0.05, 0.1) is 17.4 Å². The second kappa shape index (κ2) is 6.22. The zero-order valence-electron chi connectivity index (χ0n) is 12.5. The molecule has 0 aromatic carbocycles. The highest BCUT2D eigenvalue weighted by atomic mass is 32.2. The average molecular weight is 364 g/mol. The zero-order chi connectivity index (χ0) is 16.6. The topological polar surface area (TPSA) is 76.3 Å². The minimum atomic E-state index is -0.283. The maximum absolute atomic E-state index is 12.5. The van der Waals surface area contributed by atoms with Gasteiger partial charge in [-0.1, -0.05) is 12.2 Å². The van der Waals surface area contributed by atoms with E-state index in [4.69, 9.17) is 12.2 Å². The third-order valence-corrected chi connectivity index (χ3v) is 5.36. The van der Waals surface area contributed by atoms with Crippen molar-refractivity contribution < 1.29 is 0 Å². The fourth-order valence-corrected chi connectivity index (χ4v) is 3.84. The van der Waals surface area contributed by atoms with Crippen molar-refractivity contribution >= 4 is 58.3 Å². The molecule has 118 valence electrons. The van der Waals surface area contributed by atoms with Gasteiger partial charge < -0.3 is 4.90 Å². The molecule has 7 nitrogen and oxygen atoms in total. The van der Waals surface area contributed by atoms with E-state index >= 15 is 0 Å². The van der Waals surface area contributed by atoms with Gasteiger partial charge in [0.2, 0.25) is 5.95 Å². The Balaban J connectivity index is 2.17. The Hall–Kier alpha value is -2.04. The number of nitrogens with zero attached hydrogens (tertiary/aromatic N) is 6. The summed E-state index contributed by atoms with van der Waals surface area (Å²) >= 11 is 8.05. The number of aliphatic imine (C=N–C) groups is 1. The second-order valence-electron chi connectivity index (χ2n) is 4.86. The molecule has 0 atom stereocenters. The fourth-order valence-electron chi connectivity index (χ4n) is 1.78. The van der Waals surface area contributed by atoms with Gasteiger partial charge in [-0.25, -0.2) is 15.0 Å². The SMILES string of the molecule is CN(C)/C=N/c1nc2ncc(-c3csc(=S)s3)nc2c(=O)n1C. The molecule has 0 aliphatic carbocycles. The molecule has 0 aliphatic heterocycles. The zero-order valence-corrected chi connectivity index (χ0v) is 15.0. The molecule has 3 rings (SSSR count). The van der Waals surface area contributed by atoms with E-state index in [9.17, 15) is 4.79 Å². The summed E-state index contributed by atoms with van der Waals surface area (Å²) in [5.41, 5.74) is 0.840. The van der Waals surface area contributed by atoms with Crippen LogP contribution in [0.4, 0.5) is 5.95 Å². The van der Waals surface area contributed by atoms with Gasteiger partial charge >= 0.3 is 0 Å². The summed E-state index contributed by atoms with van der Waals surface area (Å²) in [5, 5.41) is 1.91. The highest BCUT2D eigenvalue weighted by Gasteiger charge is 2.12. The van der Waals surface area contributed by atoms with Crippen LogP contribution in [0.2, 0.25) is 0 Å². The predicted molar refractivity (Wildman–Crippen MR) is 96.4 cm³/mol. The molecular weight excluding hydrogens is 352 g/mol. The first-order chi connectivity index (χ1) is 11.0. The average Bonchev–Trinajstić information content (AvgIpc) is 2.95. The summed E-state index contributed by atoms with van der Waals surface area (Å²) in [4.78, 5) is 32.3. The first-order valence-electron chi connectivity index (χ1n) is 6.49. The molecule has 23 heavy (non-hydrogen) atoms. The van der Waals surface area contributed by atoms with Gasteiger partial charge in [-0.2, -0.15) is 4.98 Å². The summed E-state index contributed by atoms with van der Waals surface area (Å²) in [6.07, 6.45) is 3.18. The first kappa shape index (κ1) is 15.8. The maximum atomic E-state index is 12.5. The number of fused-ring (bicyclic) bond motifs is 1. The predicted octanol–water partition coefficient (Wildman–Crippen LogP) is 2.46. The lowest BCUT2D eigenvalue weighted by atomic mass is 10.4. The van der Waals surface area contributed by atoms with Gasteiger partial charge in [-0.3, -0.25) is 9.36 Å². The molecule has 3 aromatic rings. The van der Waals surface area contributed by atoms with Crippen LogP contribution in [0, 0.1) is 3.14 Å². The molecule has 0 saturated heterocycles. The standard InChI is InChI=1S/C13H12N6OS3/c1-18(2)6-15-12-17-10-9(11(20)19(12)3)16-7(4-14-10)8-5-22-13(21)23-8/h4-6H,1-3H3/b15-6+. The smallest absolute Gasteiger partial charge is 0.282 e. The Labute approximate surface area is 144 Å². The van der Waals surface area contributed by atoms with Crippen molar-refractivity contribution in [3.05, 3.63) is 25.1 Å². The number of hydrogen-bond donors (Lipinski definition) is 0. The number of rotatable bonds is 3. The van der Waals surface area contributed by atoms with Crippen LogP contribution < -0.4 is 5.56 Å². The number of hydrogen-bond acceptors (Lipinski definition) is 8. The molecule has 3 heterocycles. The van der Waals surface area contributed by atoms with E-state index in [-0.39, 0.29) is 22.7 Å². The van der Waals surface area contributed by atoms with Crippen LogP contribution in [0.25, 0.3) is 21.7 Å². The summed E-state index contributed by atoms with van der Waals surface area (Å²) in [6, 6.07) is 0. The molecule has 0 aliphatic rings. The van der Waals surface area contributed by atoms with Crippen LogP contribution in [0.3, 0.4) is 0 Å². The van der Waals surface area contributed by atoms with Crippen molar-refractivity contribution in [2.24, 2.45) is 12.0 Å². The Bertz CT molecular complexity index is 1020. The maximum Gasteiger partial charge on any atom is 0.282 e. The summed E-state index contributed by atoms with van der Waals surface area (Å²) < 4.78 is 2.16. The van der Waals surface area contributed by atoms with Crippen molar-refractivity contribution in [3.8, 4) is 10.6 Å². The molecule has 0 spiro atoms. The summed E-state index contributed by atoms with van der Waals surface area (Å²) in [5.74, 6) is 0.282. The molecule has 0 N–H and O–H groups in total. The van der Waals surface area contributed by atoms with E-state index in [1.807, 2.05) is 19.5 Å². The normalized spacial score (nSPS) is 11.4. The Morgan fingerprint density at radius 2 is 2.17 bits per heavy atom. The van der Waals surface area contributed by atoms with Gasteiger partial charge in [0.15, 0.2) is 11.2 Å². The number of aromatic nitrogens is 4. The van der Waals surface area contributed by atoms with Crippen LogP contribution in [-0.4, -0.2) is 44.9 Å². The molecule has 0 bridgehead atoms. The van der Waals surface area contributed by atoms with Gasteiger partial charge in [-0.15, -0.1) is 22.7 Å². The minimum Gasteiger partial charge on any atom is -0.369 e. The lowest BCUT2D eigenvalue weighted by Crippen LogP contribution is -2.20. The monoisotopic (exact) mass is 364 g/mol. The lowest BCUT2D eigenvalue weighted by molar-refractivity contribution is 0.641. The van der Waals surface area contributed by atoms with Crippen molar-refractivity contribution in [1.29, 1.82) is 0 Å². The van der Waals surface area contributed by atoms with E-state index in [0.29, 0.717) is 5.69 Å².